The van der Waals surface area contributed by atoms with Crippen LogP contribution in [0.4, 0.5) is 5.82 Å². The van der Waals surface area contributed by atoms with Crippen molar-refractivity contribution in [3.05, 3.63) is 16.0 Å². The van der Waals surface area contributed by atoms with Crippen molar-refractivity contribution in [2.24, 2.45) is 0 Å². The molecule has 0 amide bonds. The van der Waals surface area contributed by atoms with Crippen LogP contribution in [0.2, 0.25) is 0 Å². The summed E-state index contributed by atoms with van der Waals surface area (Å²) >= 11 is 3.56. The van der Waals surface area contributed by atoms with Gasteiger partial charge in [0.15, 0.2) is 5.82 Å². The summed E-state index contributed by atoms with van der Waals surface area (Å²) in [5, 5.41) is 3.27. The molecular formula is C15H26BrN3O2. The molecule has 1 rings (SSSR count). The Kier molecular flexibility index (Phi) is 7.56. The SMILES string of the molecule is CCNc1nc(C(CC)(CC)OCC)nc(COC)c1Br. The zero-order valence-electron chi connectivity index (χ0n) is 13.6. The summed E-state index contributed by atoms with van der Waals surface area (Å²) in [6.45, 7) is 10.1. The molecule has 0 radical (unpaired) electrons. The van der Waals surface area contributed by atoms with Crippen LogP contribution in [0.1, 0.15) is 52.1 Å². The van der Waals surface area contributed by atoms with E-state index < -0.39 is 5.60 Å². The van der Waals surface area contributed by atoms with Gasteiger partial charge in [0.2, 0.25) is 0 Å². The van der Waals surface area contributed by atoms with E-state index in [2.05, 4.69) is 45.1 Å². The molecule has 120 valence electrons. The van der Waals surface area contributed by atoms with Crippen molar-refractivity contribution < 1.29 is 9.47 Å². The second kappa shape index (κ2) is 8.66. The maximum absolute atomic E-state index is 6.01. The average molecular weight is 360 g/mol. The van der Waals surface area contributed by atoms with Crippen molar-refractivity contribution in [2.75, 3.05) is 25.6 Å². The number of nitrogens with one attached hydrogen (secondary N) is 1. The zero-order valence-corrected chi connectivity index (χ0v) is 15.2. The normalized spacial score (nSPS) is 11.7. The first kappa shape index (κ1) is 18.3. The highest BCUT2D eigenvalue weighted by atomic mass is 79.9. The number of halogens is 1. The molecular weight excluding hydrogens is 334 g/mol. The van der Waals surface area contributed by atoms with Gasteiger partial charge in [0.1, 0.15) is 11.4 Å². The van der Waals surface area contributed by atoms with Gasteiger partial charge in [-0.15, -0.1) is 0 Å². The molecule has 0 aliphatic carbocycles. The van der Waals surface area contributed by atoms with Crippen LogP contribution < -0.4 is 5.32 Å². The fourth-order valence-electron chi connectivity index (χ4n) is 2.33. The molecule has 1 N–H and O–H groups in total. The van der Waals surface area contributed by atoms with Crippen LogP contribution in [0.25, 0.3) is 0 Å². The summed E-state index contributed by atoms with van der Waals surface area (Å²) in [6, 6.07) is 0. The lowest BCUT2D eigenvalue weighted by atomic mass is 9.95. The van der Waals surface area contributed by atoms with Crippen molar-refractivity contribution in [3.63, 3.8) is 0 Å². The van der Waals surface area contributed by atoms with E-state index in [1.807, 2.05) is 13.8 Å². The number of methoxy groups -OCH3 is 1. The topological polar surface area (TPSA) is 56.3 Å². The van der Waals surface area contributed by atoms with Crippen LogP contribution in [0.3, 0.4) is 0 Å². The van der Waals surface area contributed by atoms with Gasteiger partial charge in [-0.05, 0) is 42.6 Å². The molecule has 1 aromatic rings. The molecule has 0 spiro atoms. The van der Waals surface area contributed by atoms with E-state index in [4.69, 9.17) is 9.47 Å². The molecule has 0 bridgehead atoms. The van der Waals surface area contributed by atoms with Gasteiger partial charge < -0.3 is 14.8 Å². The van der Waals surface area contributed by atoms with E-state index in [-0.39, 0.29) is 0 Å². The van der Waals surface area contributed by atoms with Crippen LogP contribution in [0.15, 0.2) is 4.47 Å². The minimum absolute atomic E-state index is 0.435. The highest BCUT2D eigenvalue weighted by Crippen LogP contribution is 2.34. The summed E-state index contributed by atoms with van der Waals surface area (Å²) in [7, 11) is 1.66. The molecule has 0 aromatic carbocycles. The molecule has 0 fully saturated rings. The van der Waals surface area contributed by atoms with E-state index in [9.17, 15) is 0 Å². The van der Waals surface area contributed by atoms with Gasteiger partial charge in [-0.1, -0.05) is 13.8 Å². The smallest absolute Gasteiger partial charge is 0.163 e. The van der Waals surface area contributed by atoms with Crippen LogP contribution in [-0.4, -0.2) is 30.2 Å². The van der Waals surface area contributed by atoms with E-state index in [0.717, 1.165) is 41.2 Å². The Morgan fingerprint density at radius 2 is 1.81 bits per heavy atom. The Morgan fingerprint density at radius 1 is 1.14 bits per heavy atom. The van der Waals surface area contributed by atoms with E-state index in [1.165, 1.54) is 0 Å². The Labute approximate surface area is 136 Å². The number of ether oxygens (including phenoxy) is 2. The third-order valence-corrected chi connectivity index (χ3v) is 4.35. The second-order valence-electron chi connectivity index (χ2n) is 4.75. The number of hydrogen-bond donors (Lipinski definition) is 1. The first-order valence-electron chi connectivity index (χ1n) is 7.52. The molecule has 1 heterocycles. The van der Waals surface area contributed by atoms with Crippen LogP contribution in [0, 0.1) is 0 Å². The number of rotatable bonds is 9. The Bertz CT molecular complexity index is 424. The predicted molar refractivity (Wildman–Crippen MR) is 88.5 cm³/mol. The first-order chi connectivity index (χ1) is 10.1. The van der Waals surface area contributed by atoms with Gasteiger partial charge in [-0.2, -0.15) is 0 Å². The largest absolute Gasteiger partial charge is 0.378 e. The summed E-state index contributed by atoms with van der Waals surface area (Å²) < 4.78 is 12.1. The lowest BCUT2D eigenvalue weighted by Crippen LogP contribution is -2.32. The van der Waals surface area contributed by atoms with Gasteiger partial charge in [0, 0.05) is 20.3 Å². The molecule has 0 saturated heterocycles. The van der Waals surface area contributed by atoms with E-state index >= 15 is 0 Å². The van der Waals surface area contributed by atoms with Crippen molar-refractivity contribution in [3.8, 4) is 0 Å². The van der Waals surface area contributed by atoms with Gasteiger partial charge in [0.25, 0.3) is 0 Å². The maximum atomic E-state index is 6.01. The fourth-order valence-corrected chi connectivity index (χ4v) is 2.76. The monoisotopic (exact) mass is 359 g/mol. The first-order valence-corrected chi connectivity index (χ1v) is 8.31. The summed E-state index contributed by atoms with van der Waals surface area (Å²) in [6.07, 6.45) is 1.66. The van der Waals surface area contributed by atoms with Gasteiger partial charge >= 0.3 is 0 Å². The Hall–Kier alpha value is -0.720. The standard InChI is InChI=1S/C15H26BrN3O2/c1-6-15(7-2,21-9-4)14-18-11(10-20-5)12(16)13(19-14)17-8-3/h6-10H2,1-5H3,(H,17,18,19). The molecule has 0 aliphatic heterocycles. The molecule has 6 heteroatoms. The average Bonchev–Trinajstić information content (AvgIpc) is 2.49. The highest BCUT2D eigenvalue weighted by Gasteiger charge is 2.33. The number of anilines is 1. The van der Waals surface area contributed by atoms with Crippen LogP contribution in [-0.2, 0) is 21.7 Å². The summed E-state index contributed by atoms with van der Waals surface area (Å²) in [5.74, 6) is 1.51. The van der Waals surface area contributed by atoms with E-state index in [1.54, 1.807) is 7.11 Å². The fraction of sp³-hybridized carbons (Fsp3) is 0.733. The van der Waals surface area contributed by atoms with Crippen LogP contribution in [0.5, 0.6) is 0 Å². The van der Waals surface area contributed by atoms with Gasteiger partial charge in [-0.25, -0.2) is 9.97 Å². The third kappa shape index (κ3) is 4.14. The van der Waals surface area contributed by atoms with Crippen molar-refractivity contribution >= 4 is 21.7 Å². The number of nitrogens with zero attached hydrogens (tertiary/aromatic N) is 2. The summed E-state index contributed by atoms with van der Waals surface area (Å²) in [5.41, 5.74) is 0.395. The molecule has 1 aromatic heterocycles. The maximum Gasteiger partial charge on any atom is 0.163 e. The lowest BCUT2D eigenvalue weighted by Gasteiger charge is -2.30. The quantitative estimate of drug-likeness (QED) is 0.725. The predicted octanol–water partition coefficient (Wildman–Crippen LogP) is 3.87. The zero-order chi connectivity index (χ0) is 15.9. The molecule has 0 saturated carbocycles. The molecule has 0 unspecified atom stereocenters. The number of hydrogen-bond acceptors (Lipinski definition) is 5. The molecule has 0 atom stereocenters. The molecule has 5 nitrogen and oxygen atoms in total. The van der Waals surface area contributed by atoms with Crippen molar-refractivity contribution in [2.45, 2.75) is 52.7 Å². The van der Waals surface area contributed by atoms with Crippen molar-refractivity contribution in [1.29, 1.82) is 0 Å². The van der Waals surface area contributed by atoms with E-state index in [0.29, 0.717) is 13.2 Å². The summed E-state index contributed by atoms with van der Waals surface area (Å²) in [4.78, 5) is 9.38. The van der Waals surface area contributed by atoms with Crippen LogP contribution >= 0.6 is 15.9 Å². The molecule has 0 aliphatic rings. The minimum Gasteiger partial charge on any atom is -0.378 e. The highest BCUT2D eigenvalue weighted by molar-refractivity contribution is 9.10. The third-order valence-electron chi connectivity index (χ3n) is 3.52. The lowest BCUT2D eigenvalue weighted by molar-refractivity contribution is -0.0573. The molecule has 21 heavy (non-hydrogen) atoms. The van der Waals surface area contributed by atoms with Gasteiger partial charge in [-0.3, -0.25) is 0 Å². The van der Waals surface area contributed by atoms with Crippen molar-refractivity contribution in [1.82, 2.24) is 9.97 Å². The minimum atomic E-state index is -0.442. The second-order valence-corrected chi connectivity index (χ2v) is 5.55. The number of aromatic nitrogens is 2. The Balaban J connectivity index is 3.38. The van der Waals surface area contributed by atoms with Gasteiger partial charge in [0.05, 0.1) is 16.8 Å². The Morgan fingerprint density at radius 3 is 2.29 bits per heavy atom.